The minimum Gasteiger partial charge on any atom is -0.465 e. The highest BCUT2D eigenvalue weighted by Crippen LogP contribution is 2.27. The summed E-state index contributed by atoms with van der Waals surface area (Å²) in [5.74, 6) is -0.891. The molecule has 0 aromatic carbocycles. The molecule has 0 saturated carbocycles. The standard InChI is InChI=1S/C11H14N2O7/c1-19-10(17)5-3-13(11(18)12-9(5)16)8-2-6(15)7(4-14)20-8/h3,6-8,14-15H,2,4H2,1H3,(H,12,16,18)/t6-,7+,8-/m1/s1. The quantitative estimate of drug-likeness (QED) is 0.546. The van der Waals surface area contributed by atoms with Crippen molar-refractivity contribution in [3.8, 4) is 0 Å². The Balaban J connectivity index is 2.40. The molecule has 110 valence electrons. The van der Waals surface area contributed by atoms with Crippen molar-refractivity contribution in [1.82, 2.24) is 9.55 Å². The Morgan fingerprint density at radius 3 is 2.85 bits per heavy atom. The molecule has 1 aliphatic heterocycles. The lowest BCUT2D eigenvalue weighted by Gasteiger charge is -2.14. The summed E-state index contributed by atoms with van der Waals surface area (Å²) in [7, 11) is 1.11. The lowest BCUT2D eigenvalue weighted by Crippen LogP contribution is -2.35. The van der Waals surface area contributed by atoms with Gasteiger partial charge < -0.3 is 19.7 Å². The van der Waals surface area contributed by atoms with Gasteiger partial charge in [0.25, 0.3) is 5.56 Å². The molecule has 1 fully saturated rings. The molecule has 1 aromatic rings. The fraction of sp³-hybridized carbons (Fsp3) is 0.545. The normalized spacial score (nSPS) is 25.6. The highest BCUT2D eigenvalue weighted by molar-refractivity contribution is 5.88. The van der Waals surface area contributed by atoms with Crippen LogP contribution in [0, 0.1) is 0 Å². The molecule has 9 heteroatoms. The number of carbonyl (C=O) groups excluding carboxylic acids is 1. The molecule has 0 amide bonds. The van der Waals surface area contributed by atoms with Crippen molar-refractivity contribution in [2.45, 2.75) is 24.9 Å². The summed E-state index contributed by atoms with van der Waals surface area (Å²) in [4.78, 5) is 36.6. The number of carbonyl (C=O) groups is 1. The van der Waals surface area contributed by atoms with Crippen LogP contribution in [0.1, 0.15) is 23.0 Å². The second kappa shape index (κ2) is 5.57. The van der Waals surface area contributed by atoms with Crippen molar-refractivity contribution in [2.75, 3.05) is 13.7 Å². The monoisotopic (exact) mass is 286 g/mol. The van der Waals surface area contributed by atoms with Crippen molar-refractivity contribution >= 4 is 5.97 Å². The van der Waals surface area contributed by atoms with Crippen LogP contribution in [0.15, 0.2) is 15.8 Å². The topological polar surface area (TPSA) is 131 Å². The Morgan fingerprint density at radius 1 is 1.60 bits per heavy atom. The van der Waals surface area contributed by atoms with Gasteiger partial charge in [-0.25, -0.2) is 9.59 Å². The summed E-state index contributed by atoms with van der Waals surface area (Å²) in [5, 5.41) is 18.6. The van der Waals surface area contributed by atoms with Gasteiger partial charge in [-0.2, -0.15) is 0 Å². The van der Waals surface area contributed by atoms with E-state index in [1.807, 2.05) is 4.98 Å². The molecule has 0 unspecified atom stereocenters. The average molecular weight is 286 g/mol. The van der Waals surface area contributed by atoms with E-state index in [4.69, 9.17) is 9.84 Å². The van der Waals surface area contributed by atoms with Crippen LogP contribution in [-0.4, -0.2) is 51.7 Å². The highest BCUT2D eigenvalue weighted by atomic mass is 16.5. The van der Waals surface area contributed by atoms with Gasteiger partial charge in [0.05, 0.1) is 19.8 Å². The van der Waals surface area contributed by atoms with Crippen molar-refractivity contribution in [1.29, 1.82) is 0 Å². The number of H-pyrrole nitrogens is 1. The number of ether oxygens (including phenoxy) is 2. The number of rotatable bonds is 3. The molecule has 1 saturated heterocycles. The van der Waals surface area contributed by atoms with Crippen LogP contribution in [0.5, 0.6) is 0 Å². The molecular weight excluding hydrogens is 272 g/mol. The molecule has 2 rings (SSSR count). The first kappa shape index (κ1) is 14.4. The Kier molecular flexibility index (Phi) is 4.02. The first-order valence-electron chi connectivity index (χ1n) is 5.86. The number of hydrogen-bond acceptors (Lipinski definition) is 7. The molecule has 1 aromatic heterocycles. The van der Waals surface area contributed by atoms with Gasteiger partial charge in [0, 0.05) is 12.6 Å². The van der Waals surface area contributed by atoms with Gasteiger partial charge in [0.15, 0.2) is 0 Å². The zero-order valence-electron chi connectivity index (χ0n) is 10.6. The number of nitrogens with one attached hydrogen (secondary N) is 1. The van der Waals surface area contributed by atoms with Gasteiger partial charge in [-0.05, 0) is 0 Å². The van der Waals surface area contributed by atoms with Crippen LogP contribution in [0.4, 0.5) is 0 Å². The number of aromatic nitrogens is 2. The molecule has 0 bridgehead atoms. The molecule has 1 aliphatic rings. The van der Waals surface area contributed by atoms with Gasteiger partial charge in [-0.1, -0.05) is 0 Å². The summed E-state index contributed by atoms with van der Waals surface area (Å²) in [6, 6.07) is 0. The molecule has 3 atom stereocenters. The van der Waals surface area contributed by atoms with Gasteiger partial charge >= 0.3 is 11.7 Å². The van der Waals surface area contributed by atoms with Crippen LogP contribution in [0.25, 0.3) is 0 Å². The summed E-state index contributed by atoms with van der Waals surface area (Å²) >= 11 is 0. The van der Waals surface area contributed by atoms with E-state index in [0.717, 1.165) is 17.9 Å². The summed E-state index contributed by atoms with van der Waals surface area (Å²) in [6.45, 7) is -0.403. The average Bonchev–Trinajstić information content (AvgIpc) is 2.79. The van der Waals surface area contributed by atoms with Gasteiger partial charge in [-0.15, -0.1) is 0 Å². The second-order valence-corrected chi connectivity index (χ2v) is 4.32. The summed E-state index contributed by atoms with van der Waals surface area (Å²) in [6.07, 6.45) is -1.57. The maximum Gasteiger partial charge on any atom is 0.345 e. The number of nitrogens with zero attached hydrogens (tertiary/aromatic N) is 1. The maximum absolute atomic E-state index is 11.7. The maximum atomic E-state index is 11.7. The van der Waals surface area contributed by atoms with E-state index in [9.17, 15) is 19.5 Å². The van der Waals surface area contributed by atoms with E-state index >= 15 is 0 Å². The molecule has 0 radical (unpaired) electrons. The largest absolute Gasteiger partial charge is 0.465 e. The summed E-state index contributed by atoms with van der Waals surface area (Å²) in [5.41, 5.74) is -1.99. The third-order valence-electron chi connectivity index (χ3n) is 3.07. The van der Waals surface area contributed by atoms with Gasteiger partial charge in [0.2, 0.25) is 0 Å². The number of hydrogen-bond donors (Lipinski definition) is 3. The predicted octanol–water partition coefficient (Wildman–Crippen LogP) is -2.04. The van der Waals surface area contributed by atoms with E-state index in [1.165, 1.54) is 0 Å². The number of esters is 1. The third kappa shape index (κ3) is 2.50. The lowest BCUT2D eigenvalue weighted by atomic mass is 10.2. The Morgan fingerprint density at radius 2 is 2.30 bits per heavy atom. The zero-order chi connectivity index (χ0) is 14.9. The van der Waals surface area contributed by atoms with Crippen molar-refractivity contribution in [3.05, 3.63) is 32.6 Å². The van der Waals surface area contributed by atoms with E-state index in [2.05, 4.69) is 4.74 Å². The van der Waals surface area contributed by atoms with Crippen molar-refractivity contribution < 1.29 is 24.5 Å². The van der Waals surface area contributed by atoms with Crippen LogP contribution in [-0.2, 0) is 9.47 Å². The Bertz CT molecular complexity index is 620. The van der Waals surface area contributed by atoms with Gasteiger partial charge in [-0.3, -0.25) is 14.3 Å². The Labute approximate surface area is 112 Å². The van der Waals surface area contributed by atoms with Crippen LogP contribution in [0.3, 0.4) is 0 Å². The third-order valence-corrected chi connectivity index (χ3v) is 3.07. The first-order chi connectivity index (χ1) is 9.47. The number of aliphatic hydroxyl groups is 2. The van der Waals surface area contributed by atoms with Crippen LogP contribution < -0.4 is 11.2 Å². The highest BCUT2D eigenvalue weighted by Gasteiger charge is 2.35. The SMILES string of the molecule is COC(=O)c1cn([C@H]2C[C@@H](O)[C@H](CO)O2)c(=O)[nH]c1=O. The molecule has 0 spiro atoms. The minimum atomic E-state index is -0.939. The molecule has 0 aliphatic carbocycles. The van der Waals surface area contributed by atoms with E-state index < -0.39 is 42.3 Å². The summed E-state index contributed by atoms with van der Waals surface area (Å²) < 4.78 is 10.7. The van der Waals surface area contributed by atoms with Crippen LogP contribution in [0.2, 0.25) is 0 Å². The van der Waals surface area contributed by atoms with E-state index in [1.54, 1.807) is 0 Å². The van der Waals surface area contributed by atoms with Crippen LogP contribution >= 0.6 is 0 Å². The smallest absolute Gasteiger partial charge is 0.345 e. The molecule has 20 heavy (non-hydrogen) atoms. The van der Waals surface area contributed by atoms with Crippen molar-refractivity contribution in [2.24, 2.45) is 0 Å². The first-order valence-corrected chi connectivity index (χ1v) is 5.86. The fourth-order valence-corrected chi connectivity index (χ4v) is 2.00. The molecule has 9 nitrogen and oxygen atoms in total. The van der Waals surface area contributed by atoms with Crippen molar-refractivity contribution in [3.63, 3.8) is 0 Å². The molecule has 2 heterocycles. The number of methoxy groups -OCH3 is 1. The Hall–Kier alpha value is -1.97. The molecular formula is C11H14N2O7. The van der Waals surface area contributed by atoms with E-state index in [0.29, 0.717) is 0 Å². The second-order valence-electron chi connectivity index (χ2n) is 4.32. The minimum absolute atomic E-state index is 0.0534. The van der Waals surface area contributed by atoms with E-state index in [-0.39, 0.29) is 12.0 Å². The van der Waals surface area contributed by atoms with Gasteiger partial charge in [0.1, 0.15) is 17.9 Å². The predicted molar refractivity (Wildman–Crippen MR) is 64.3 cm³/mol. The number of aromatic amines is 1. The zero-order valence-corrected chi connectivity index (χ0v) is 10.6. The molecule has 3 N–H and O–H groups in total. The fourth-order valence-electron chi connectivity index (χ4n) is 2.00. The lowest BCUT2D eigenvalue weighted by molar-refractivity contribution is -0.0460. The number of aliphatic hydroxyl groups excluding tert-OH is 2.